The van der Waals surface area contributed by atoms with Crippen LogP contribution in [-0.4, -0.2) is 48.8 Å². The van der Waals surface area contributed by atoms with Crippen molar-refractivity contribution in [1.82, 2.24) is 15.5 Å². The smallest absolute Gasteiger partial charge is 0.264 e. The Labute approximate surface area is 143 Å². The van der Waals surface area contributed by atoms with Gasteiger partial charge in [0.25, 0.3) is 5.91 Å². The molecule has 0 aliphatic carbocycles. The van der Waals surface area contributed by atoms with Crippen molar-refractivity contribution in [2.75, 3.05) is 20.1 Å². The minimum atomic E-state index is -0.768. The Balaban J connectivity index is 1.94. The molecule has 0 spiro atoms. The molecule has 0 radical (unpaired) electrons. The summed E-state index contributed by atoms with van der Waals surface area (Å²) >= 11 is 1.43. The Bertz CT molecular complexity index is 815. The van der Waals surface area contributed by atoms with Crippen LogP contribution in [-0.2, 0) is 9.59 Å². The number of hydrogen-bond acceptors (Lipinski definition) is 4. The lowest BCUT2D eigenvalue weighted by Crippen LogP contribution is -2.58. The lowest BCUT2D eigenvalue weighted by atomic mass is 10.1. The number of carbonyl (C=O) groups is 3. The van der Waals surface area contributed by atoms with Crippen LogP contribution in [0.1, 0.15) is 21.7 Å². The zero-order chi connectivity index (χ0) is 17.3. The van der Waals surface area contributed by atoms with E-state index in [1.165, 1.54) is 23.3 Å². The molecule has 1 fully saturated rings. The molecule has 0 bridgehead atoms. The number of carbonyl (C=O) groups excluding carboxylic acids is 3. The Morgan fingerprint density at radius 3 is 2.83 bits per heavy atom. The van der Waals surface area contributed by atoms with Crippen LogP contribution in [0.3, 0.4) is 0 Å². The molecule has 7 heteroatoms. The maximum Gasteiger partial charge on any atom is 0.264 e. The highest BCUT2D eigenvalue weighted by atomic mass is 32.1. The summed E-state index contributed by atoms with van der Waals surface area (Å²) in [6.07, 6.45) is -0.0297. The number of rotatable bonds is 3. The molecule has 1 saturated heterocycles. The fourth-order valence-electron chi connectivity index (χ4n) is 2.95. The number of aryl methyl sites for hydroxylation is 1. The van der Waals surface area contributed by atoms with Crippen molar-refractivity contribution in [3.8, 4) is 0 Å². The number of piperazine rings is 1. The number of benzene rings is 1. The van der Waals surface area contributed by atoms with Gasteiger partial charge in [-0.3, -0.25) is 14.4 Å². The summed E-state index contributed by atoms with van der Waals surface area (Å²) in [5, 5.41) is 6.29. The van der Waals surface area contributed by atoms with Crippen LogP contribution >= 0.6 is 11.3 Å². The second kappa shape index (κ2) is 6.60. The number of nitrogens with one attached hydrogen (secondary N) is 2. The van der Waals surface area contributed by atoms with Gasteiger partial charge < -0.3 is 15.5 Å². The standard InChI is InChI=1S/C17H19N3O3S/c1-10-11-5-3-4-6-13(11)24-15(10)17(23)20-8-7-19-16(22)12(20)9-14(21)18-2/h3-6,12H,7-9H2,1-2H3,(H,18,21)(H,19,22). The molecule has 1 aromatic carbocycles. The maximum absolute atomic E-state index is 13.0. The van der Waals surface area contributed by atoms with Crippen molar-refractivity contribution in [3.05, 3.63) is 34.7 Å². The van der Waals surface area contributed by atoms with E-state index >= 15 is 0 Å². The molecule has 1 unspecified atom stereocenters. The Morgan fingerprint density at radius 1 is 1.38 bits per heavy atom. The average molecular weight is 345 g/mol. The van der Waals surface area contributed by atoms with Crippen molar-refractivity contribution < 1.29 is 14.4 Å². The molecular weight excluding hydrogens is 326 g/mol. The van der Waals surface area contributed by atoms with Crippen molar-refractivity contribution >= 4 is 39.1 Å². The van der Waals surface area contributed by atoms with Crippen LogP contribution in [0.4, 0.5) is 0 Å². The van der Waals surface area contributed by atoms with Gasteiger partial charge in [-0.25, -0.2) is 0 Å². The Morgan fingerprint density at radius 2 is 2.12 bits per heavy atom. The van der Waals surface area contributed by atoms with Crippen LogP contribution in [0.2, 0.25) is 0 Å². The normalized spacial score (nSPS) is 17.7. The first-order valence-corrected chi connectivity index (χ1v) is 8.62. The van der Waals surface area contributed by atoms with Gasteiger partial charge in [0, 0.05) is 24.8 Å². The molecule has 2 N–H and O–H groups in total. The number of fused-ring (bicyclic) bond motifs is 1. The number of thiophene rings is 1. The summed E-state index contributed by atoms with van der Waals surface area (Å²) in [6, 6.07) is 7.09. The molecular formula is C17H19N3O3S. The van der Waals surface area contributed by atoms with E-state index in [1.54, 1.807) is 0 Å². The van der Waals surface area contributed by atoms with Gasteiger partial charge in [0.15, 0.2) is 0 Å². The van der Waals surface area contributed by atoms with Gasteiger partial charge in [0.1, 0.15) is 6.04 Å². The first kappa shape index (κ1) is 16.4. The van der Waals surface area contributed by atoms with Crippen LogP contribution in [0.25, 0.3) is 10.1 Å². The Kier molecular flexibility index (Phi) is 4.53. The summed E-state index contributed by atoms with van der Waals surface area (Å²) in [5.41, 5.74) is 0.922. The van der Waals surface area contributed by atoms with Gasteiger partial charge >= 0.3 is 0 Å². The highest BCUT2D eigenvalue weighted by molar-refractivity contribution is 7.21. The summed E-state index contributed by atoms with van der Waals surface area (Å²) in [7, 11) is 1.52. The lowest BCUT2D eigenvalue weighted by molar-refractivity contribution is -0.132. The topological polar surface area (TPSA) is 78.5 Å². The lowest BCUT2D eigenvalue weighted by Gasteiger charge is -2.34. The van der Waals surface area contributed by atoms with Crippen molar-refractivity contribution in [1.29, 1.82) is 0 Å². The predicted molar refractivity (Wildman–Crippen MR) is 93.1 cm³/mol. The van der Waals surface area contributed by atoms with Gasteiger partial charge in [-0.2, -0.15) is 0 Å². The van der Waals surface area contributed by atoms with Gasteiger partial charge in [-0.15, -0.1) is 11.3 Å². The van der Waals surface area contributed by atoms with Gasteiger partial charge in [0.2, 0.25) is 11.8 Å². The van der Waals surface area contributed by atoms with Crippen molar-refractivity contribution in [3.63, 3.8) is 0 Å². The number of nitrogens with zero attached hydrogens (tertiary/aromatic N) is 1. The van der Waals surface area contributed by atoms with E-state index in [4.69, 9.17) is 0 Å². The molecule has 126 valence electrons. The molecule has 0 saturated carbocycles. The van der Waals surface area contributed by atoms with E-state index in [1.807, 2.05) is 31.2 Å². The van der Waals surface area contributed by atoms with Crippen LogP contribution < -0.4 is 10.6 Å². The SMILES string of the molecule is CNC(=O)CC1C(=O)NCCN1C(=O)c1sc2ccccc2c1C. The quantitative estimate of drug-likeness (QED) is 0.880. The molecule has 1 aliphatic rings. The highest BCUT2D eigenvalue weighted by Gasteiger charge is 2.36. The summed E-state index contributed by atoms with van der Waals surface area (Å²) in [5.74, 6) is -0.725. The first-order valence-electron chi connectivity index (χ1n) is 7.80. The molecule has 2 heterocycles. The molecule has 1 aromatic heterocycles. The monoisotopic (exact) mass is 345 g/mol. The molecule has 6 nitrogen and oxygen atoms in total. The van der Waals surface area contributed by atoms with E-state index in [9.17, 15) is 14.4 Å². The highest BCUT2D eigenvalue weighted by Crippen LogP contribution is 2.32. The van der Waals surface area contributed by atoms with E-state index < -0.39 is 6.04 Å². The fourth-order valence-corrected chi connectivity index (χ4v) is 4.11. The van der Waals surface area contributed by atoms with Gasteiger partial charge in [-0.05, 0) is 23.9 Å². The largest absolute Gasteiger partial charge is 0.359 e. The minimum absolute atomic E-state index is 0.0297. The minimum Gasteiger partial charge on any atom is -0.359 e. The van der Waals surface area contributed by atoms with Gasteiger partial charge in [0.05, 0.1) is 11.3 Å². The maximum atomic E-state index is 13.0. The molecule has 3 rings (SSSR count). The zero-order valence-electron chi connectivity index (χ0n) is 13.6. The molecule has 1 atom stereocenters. The van der Waals surface area contributed by atoms with Crippen LogP contribution in [0.15, 0.2) is 24.3 Å². The van der Waals surface area contributed by atoms with Crippen molar-refractivity contribution in [2.24, 2.45) is 0 Å². The zero-order valence-corrected chi connectivity index (χ0v) is 14.4. The fraction of sp³-hybridized carbons (Fsp3) is 0.353. The predicted octanol–water partition coefficient (Wildman–Crippen LogP) is 1.29. The third kappa shape index (κ3) is 2.87. The number of hydrogen-bond donors (Lipinski definition) is 2. The Hall–Kier alpha value is -2.41. The molecule has 24 heavy (non-hydrogen) atoms. The first-order chi connectivity index (χ1) is 11.5. The van der Waals surface area contributed by atoms with Crippen molar-refractivity contribution in [2.45, 2.75) is 19.4 Å². The third-order valence-corrected chi connectivity index (χ3v) is 5.55. The molecule has 3 amide bonds. The summed E-state index contributed by atoms with van der Waals surface area (Å²) < 4.78 is 1.04. The number of amides is 3. The average Bonchev–Trinajstić information content (AvgIpc) is 2.93. The van der Waals surface area contributed by atoms with Crippen LogP contribution in [0.5, 0.6) is 0 Å². The molecule has 1 aliphatic heterocycles. The van der Waals surface area contributed by atoms with E-state index in [0.29, 0.717) is 18.0 Å². The second-order valence-corrected chi connectivity index (χ2v) is 6.79. The van der Waals surface area contributed by atoms with E-state index in [0.717, 1.165) is 15.6 Å². The third-order valence-electron chi connectivity index (χ3n) is 4.29. The summed E-state index contributed by atoms with van der Waals surface area (Å²) in [4.78, 5) is 39.1. The summed E-state index contributed by atoms with van der Waals surface area (Å²) in [6.45, 7) is 2.72. The van der Waals surface area contributed by atoms with Crippen LogP contribution in [0, 0.1) is 6.92 Å². The van der Waals surface area contributed by atoms with E-state index in [2.05, 4.69) is 10.6 Å². The van der Waals surface area contributed by atoms with E-state index in [-0.39, 0.29) is 24.1 Å². The second-order valence-electron chi connectivity index (χ2n) is 5.74. The van der Waals surface area contributed by atoms with Gasteiger partial charge in [-0.1, -0.05) is 18.2 Å². The molecule has 2 aromatic rings.